The van der Waals surface area contributed by atoms with Gasteiger partial charge in [0.15, 0.2) is 12.2 Å². The maximum absolute atomic E-state index is 13.2. The van der Waals surface area contributed by atoms with Gasteiger partial charge in [-0.2, -0.15) is 0 Å². The highest BCUT2D eigenvalue weighted by atomic mass is 31.2. The van der Waals surface area contributed by atoms with E-state index in [4.69, 9.17) is 37.0 Å². The molecule has 0 rings (SSSR count). The molecule has 107 heavy (non-hydrogen) atoms. The lowest BCUT2D eigenvalue weighted by Gasteiger charge is -2.21. The molecule has 6 atom stereocenters. The average Bonchev–Trinajstić information content (AvgIpc) is 0.899. The molecule has 0 saturated carbocycles. The van der Waals surface area contributed by atoms with Crippen LogP contribution in [-0.4, -0.2) is 96.7 Å². The zero-order valence-electron chi connectivity index (χ0n) is 70.5. The predicted octanol–water partition coefficient (Wildman–Crippen LogP) is 27.0. The molecule has 17 nitrogen and oxygen atoms in total. The van der Waals surface area contributed by atoms with Gasteiger partial charge in [-0.15, -0.1) is 0 Å². The molecule has 3 unspecified atom stereocenters. The first kappa shape index (κ1) is 105. The van der Waals surface area contributed by atoms with Crippen molar-refractivity contribution in [3.05, 3.63) is 0 Å². The van der Waals surface area contributed by atoms with Crippen molar-refractivity contribution < 1.29 is 80.2 Å². The summed E-state index contributed by atoms with van der Waals surface area (Å²) in [6, 6.07) is 0. The van der Waals surface area contributed by atoms with E-state index < -0.39 is 97.5 Å². The van der Waals surface area contributed by atoms with Crippen LogP contribution in [0.4, 0.5) is 0 Å². The highest BCUT2D eigenvalue weighted by Gasteiger charge is 2.31. The van der Waals surface area contributed by atoms with Crippen LogP contribution in [0.25, 0.3) is 0 Å². The maximum atomic E-state index is 13.2. The minimum Gasteiger partial charge on any atom is -0.462 e. The van der Waals surface area contributed by atoms with E-state index in [-0.39, 0.29) is 25.7 Å². The van der Waals surface area contributed by atoms with E-state index in [0.29, 0.717) is 25.7 Å². The van der Waals surface area contributed by atoms with Crippen molar-refractivity contribution in [2.75, 3.05) is 39.6 Å². The molecule has 0 aromatic heterocycles. The second-order valence-electron chi connectivity index (χ2n) is 32.4. The van der Waals surface area contributed by atoms with Gasteiger partial charge in [-0.05, 0) is 37.5 Å². The molecule has 0 saturated heterocycles. The minimum atomic E-state index is -4.97. The van der Waals surface area contributed by atoms with Crippen LogP contribution < -0.4 is 0 Å². The van der Waals surface area contributed by atoms with Gasteiger partial charge in [0.2, 0.25) is 0 Å². The number of phosphoric acid groups is 2. The summed E-state index contributed by atoms with van der Waals surface area (Å²) in [6.45, 7) is 9.74. The molecular weight excluding hydrogens is 1390 g/mol. The first-order chi connectivity index (χ1) is 51.9. The van der Waals surface area contributed by atoms with Crippen molar-refractivity contribution in [1.82, 2.24) is 0 Å². The number of esters is 4. The number of ether oxygens (including phenoxy) is 4. The minimum absolute atomic E-state index is 0.107. The number of hydrogen-bond donors (Lipinski definition) is 3. The van der Waals surface area contributed by atoms with Crippen LogP contribution in [0, 0.1) is 11.8 Å². The van der Waals surface area contributed by atoms with Crippen LogP contribution in [0.1, 0.15) is 472 Å². The monoisotopic (exact) mass is 1560 g/mol. The van der Waals surface area contributed by atoms with E-state index >= 15 is 0 Å². The Labute approximate surface area is 658 Å². The molecule has 0 aliphatic carbocycles. The van der Waals surface area contributed by atoms with Crippen molar-refractivity contribution >= 4 is 39.5 Å². The Morgan fingerprint density at radius 3 is 0.710 bits per heavy atom. The summed E-state index contributed by atoms with van der Waals surface area (Å²) in [7, 11) is -9.93. The molecular formula is C88H172O17P2. The Bertz CT molecular complexity index is 2050. The highest BCUT2D eigenvalue weighted by Crippen LogP contribution is 2.45. The summed E-state index contributed by atoms with van der Waals surface area (Å²) in [5.41, 5.74) is 0. The van der Waals surface area contributed by atoms with Gasteiger partial charge in [0, 0.05) is 25.7 Å². The van der Waals surface area contributed by atoms with E-state index in [1.807, 2.05) is 0 Å². The van der Waals surface area contributed by atoms with Crippen LogP contribution in [0.15, 0.2) is 0 Å². The van der Waals surface area contributed by atoms with Crippen molar-refractivity contribution in [2.45, 2.75) is 490 Å². The molecule has 0 amide bonds. The third-order valence-corrected chi connectivity index (χ3v) is 23.0. The van der Waals surface area contributed by atoms with Crippen LogP contribution >= 0.6 is 15.6 Å². The second kappa shape index (κ2) is 79.3. The number of aliphatic hydroxyl groups is 1. The molecule has 0 aliphatic heterocycles. The van der Waals surface area contributed by atoms with Gasteiger partial charge in [-0.1, -0.05) is 420 Å². The quantitative estimate of drug-likeness (QED) is 0.0222. The number of rotatable bonds is 87. The largest absolute Gasteiger partial charge is 0.472 e. The first-order valence-electron chi connectivity index (χ1n) is 45.5. The number of carbonyl (C=O) groups is 4. The molecule has 0 spiro atoms. The fraction of sp³-hybridized carbons (Fsp3) is 0.955. The number of hydrogen-bond acceptors (Lipinski definition) is 15. The van der Waals surface area contributed by atoms with E-state index in [2.05, 4.69) is 41.5 Å². The van der Waals surface area contributed by atoms with Crippen LogP contribution in [0.3, 0.4) is 0 Å². The lowest BCUT2D eigenvalue weighted by Crippen LogP contribution is -2.30. The zero-order valence-corrected chi connectivity index (χ0v) is 72.2. The fourth-order valence-corrected chi connectivity index (χ4v) is 15.3. The lowest BCUT2D eigenvalue weighted by atomic mass is 9.99. The standard InChI is InChI=1S/C88H172O17P2/c1-7-10-12-14-16-18-20-21-22-23-24-25-29-32-35-41-47-53-59-65-71-86(91)99-77-84(104-87(92)72-66-60-54-48-42-36-33-30-27-26-28-31-34-40-45-51-57-63-69-81(6)9-3)79-103-107(96,97)101-75-82(89)74-100-106(94,95)102-78-83(76-98-85(90)70-64-58-52-46-38-19-17-15-13-11-8-2)105-88(93)73-67-61-55-49-43-37-39-44-50-56-62-68-80(4)5/h80-84,89H,7-79H2,1-6H3,(H,94,95)(H,96,97)/t81?,82-,83+,84+/m0/s1. The Hall–Kier alpha value is -1.94. The molecule has 0 fully saturated rings. The van der Waals surface area contributed by atoms with Crippen molar-refractivity contribution in [2.24, 2.45) is 11.8 Å². The van der Waals surface area contributed by atoms with Crippen LogP contribution in [0.2, 0.25) is 0 Å². The molecule has 636 valence electrons. The van der Waals surface area contributed by atoms with E-state index in [0.717, 1.165) is 102 Å². The third-order valence-electron chi connectivity index (χ3n) is 21.1. The highest BCUT2D eigenvalue weighted by molar-refractivity contribution is 7.47. The molecule has 0 aliphatic rings. The Kier molecular flexibility index (Phi) is 77.9. The van der Waals surface area contributed by atoms with Gasteiger partial charge < -0.3 is 33.8 Å². The molecule has 0 radical (unpaired) electrons. The SMILES string of the molecule is CCCCCCCCCCCCCCCCCCCCCCC(=O)OC[C@H](COP(=O)(O)OC[C@@H](O)COP(=O)(O)OC[C@@H](COC(=O)CCCCCCCCCCCCC)OC(=O)CCCCCCCCCCCCCC(C)C)OC(=O)CCCCCCCCCCCCCCCCCCCCC(C)CC. The molecule has 0 aromatic carbocycles. The predicted molar refractivity (Wildman–Crippen MR) is 442 cm³/mol. The Morgan fingerprint density at radius 1 is 0.271 bits per heavy atom. The summed E-state index contributed by atoms with van der Waals surface area (Å²) in [5, 5.41) is 10.7. The van der Waals surface area contributed by atoms with E-state index in [9.17, 15) is 43.2 Å². The zero-order chi connectivity index (χ0) is 78.5. The van der Waals surface area contributed by atoms with Crippen LogP contribution in [-0.2, 0) is 65.4 Å². The van der Waals surface area contributed by atoms with Gasteiger partial charge in [0.05, 0.1) is 26.4 Å². The average molecular weight is 1560 g/mol. The molecule has 3 N–H and O–H groups in total. The third kappa shape index (κ3) is 80.5. The summed E-state index contributed by atoms with van der Waals surface area (Å²) in [5.74, 6) is -0.463. The summed E-state index contributed by atoms with van der Waals surface area (Å²) >= 11 is 0. The summed E-state index contributed by atoms with van der Waals surface area (Å²) < 4.78 is 68.9. The number of aliphatic hydroxyl groups excluding tert-OH is 1. The van der Waals surface area contributed by atoms with E-state index in [1.165, 1.54) is 289 Å². The topological polar surface area (TPSA) is 237 Å². The van der Waals surface area contributed by atoms with Gasteiger partial charge in [0.25, 0.3) is 0 Å². The second-order valence-corrected chi connectivity index (χ2v) is 35.3. The molecule has 19 heteroatoms. The summed E-state index contributed by atoms with van der Waals surface area (Å²) in [4.78, 5) is 73.3. The van der Waals surface area contributed by atoms with Gasteiger partial charge in [-0.3, -0.25) is 37.3 Å². The fourth-order valence-electron chi connectivity index (χ4n) is 13.7. The number of carbonyl (C=O) groups excluding carboxylic acids is 4. The van der Waals surface area contributed by atoms with Crippen molar-refractivity contribution in [3.63, 3.8) is 0 Å². The van der Waals surface area contributed by atoms with Gasteiger partial charge in [0.1, 0.15) is 19.3 Å². The molecule has 0 aromatic rings. The van der Waals surface area contributed by atoms with Crippen molar-refractivity contribution in [1.29, 1.82) is 0 Å². The normalized spacial score (nSPS) is 14.0. The number of unbranched alkanes of at least 4 members (excludes halogenated alkanes) is 56. The van der Waals surface area contributed by atoms with Gasteiger partial charge in [-0.25, -0.2) is 9.13 Å². The Morgan fingerprint density at radius 2 is 0.477 bits per heavy atom. The first-order valence-corrected chi connectivity index (χ1v) is 48.5. The van der Waals surface area contributed by atoms with E-state index in [1.54, 1.807) is 0 Å². The number of phosphoric ester groups is 2. The molecule has 0 heterocycles. The Balaban J connectivity index is 5.22. The van der Waals surface area contributed by atoms with Gasteiger partial charge >= 0.3 is 39.5 Å². The van der Waals surface area contributed by atoms with Crippen molar-refractivity contribution in [3.8, 4) is 0 Å². The molecule has 0 bridgehead atoms. The lowest BCUT2D eigenvalue weighted by molar-refractivity contribution is -0.161. The van der Waals surface area contributed by atoms with Crippen LogP contribution in [0.5, 0.6) is 0 Å². The summed E-state index contributed by atoms with van der Waals surface area (Å²) in [6.07, 6.45) is 72.2. The maximum Gasteiger partial charge on any atom is 0.472 e. The smallest absolute Gasteiger partial charge is 0.462 e.